The molecule has 128 valence electrons. The summed E-state index contributed by atoms with van der Waals surface area (Å²) in [6, 6.07) is 6.04. The Hall–Kier alpha value is -2.15. The molecule has 24 heavy (non-hydrogen) atoms. The van der Waals surface area contributed by atoms with Crippen molar-refractivity contribution in [3.63, 3.8) is 0 Å². The number of aromatic nitrogens is 1. The third-order valence-corrected chi connectivity index (χ3v) is 5.31. The van der Waals surface area contributed by atoms with Crippen molar-refractivity contribution >= 4 is 38.6 Å². The predicted octanol–water partition coefficient (Wildman–Crippen LogP) is 2.94. The fourth-order valence-electron chi connectivity index (χ4n) is 2.96. The number of nitrogens with one attached hydrogen (secondary N) is 1. The standard InChI is InChI=1S/C17H22N4O2S/c1-11-5-4-6-13-14(11)18-16(24-13)19-15(22)12-7-9-21(10-8-12)17(23)20(2)3/h4-6,12H,7-10H2,1-3H3,(H,18,19,22). The monoisotopic (exact) mass is 346 g/mol. The van der Waals surface area contributed by atoms with E-state index in [-0.39, 0.29) is 17.9 Å². The Morgan fingerprint density at radius 1 is 1.29 bits per heavy atom. The highest BCUT2D eigenvalue weighted by molar-refractivity contribution is 7.22. The molecule has 3 rings (SSSR count). The van der Waals surface area contributed by atoms with E-state index in [4.69, 9.17) is 0 Å². The number of piperidine rings is 1. The third-order valence-electron chi connectivity index (χ3n) is 4.37. The van der Waals surface area contributed by atoms with E-state index in [9.17, 15) is 9.59 Å². The summed E-state index contributed by atoms with van der Waals surface area (Å²) in [4.78, 5) is 32.3. The zero-order valence-electron chi connectivity index (χ0n) is 14.2. The summed E-state index contributed by atoms with van der Waals surface area (Å²) in [6.45, 7) is 3.26. The number of rotatable bonds is 2. The van der Waals surface area contributed by atoms with Gasteiger partial charge in [-0.05, 0) is 31.4 Å². The van der Waals surface area contributed by atoms with Crippen molar-refractivity contribution in [1.29, 1.82) is 0 Å². The third kappa shape index (κ3) is 3.36. The van der Waals surface area contributed by atoms with Gasteiger partial charge in [0.2, 0.25) is 5.91 Å². The minimum Gasteiger partial charge on any atom is -0.331 e. The molecule has 1 N–H and O–H groups in total. The number of urea groups is 1. The fraction of sp³-hybridized carbons (Fsp3) is 0.471. The molecule has 0 spiro atoms. The van der Waals surface area contributed by atoms with Crippen molar-refractivity contribution in [2.24, 2.45) is 5.92 Å². The van der Waals surface area contributed by atoms with Crippen LogP contribution in [0.4, 0.5) is 9.93 Å². The lowest BCUT2D eigenvalue weighted by Crippen LogP contribution is -2.45. The van der Waals surface area contributed by atoms with Crippen molar-refractivity contribution in [3.8, 4) is 0 Å². The molecule has 0 atom stereocenters. The van der Waals surface area contributed by atoms with Gasteiger partial charge in [-0.2, -0.15) is 0 Å². The number of amides is 3. The Kier molecular flexibility index (Phi) is 4.71. The second-order valence-electron chi connectivity index (χ2n) is 6.37. The normalized spacial score (nSPS) is 15.5. The first-order valence-corrected chi connectivity index (χ1v) is 8.90. The van der Waals surface area contributed by atoms with Gasteiger partial charge in [0.15, 0.2) is 5.13 Å². The van der Waals surface area contributed by atoms with E-state index >= 15 is 0 Å². The van der Waals surface area contributed by atoms with Gasteiger partial charge in [-0.25, -0.2) is 9.78 Å². The van der Waals surface area contributed by atoms with Crippen molar-refractivity contribution < 1.29 is 9.59 Å². The predicted molar refractivity (Wildman–Crippen MR) is 96.4 cm³/mol. The number of likely N-dealkylation sites (tertiary alicyclic amines) is 1. The number of para-hydroxylation sites is 1. The molecule has 1 aromatic heterocycles. The Morgan fingerprint density at radius 2 is 2.00 bits per heavy atom. The maximum absolute atomic E-state index is 12.5. The van der Waals surface area contributed by atoms with Gasteiger partial charge in [-0.1, -0.05) is 23.5 Å². The van der Waals surface area contributed by atoms with E-state index in [0.717, 1.165) is 15.8 Å². The van der Waals surface area contributed by atoms with Crippen LogP contribution in [0.25, 0.3) is 10.2 Å². The first kappa shape index (κ1) is 16.7. The van der Waals surface area contributed by atoms with Gasteiger partial charge >= 0.3 is 6.03 Å². The van der Waals surface area contributed by atoms with E-state index in [2.05, 4.69) is 10.3 Å². The zero-order valence-corrected chi connectivity index (χ0v) is 15.0. The van der Waals surface area contributed by atoms with Crippen LogP contribution in [-0.2, 0) is 4.79 Å². The molecule has 0 aliphatic carbocycles. The van der Waals surface area contributed by atoms with Crippen LogP contribution in [0.2, 0.25) is 0 Å². The van der Waals surface area contributed by atoms with Gasteiger partial charge in [-0.3, -0.25) is 4.79 Å². The molecule has 2 heterocycles. The summed E-state index contributed by atoms with van der Waals surface area (Å²) in [5.41, 5.74) is 2.06. The van der Waals surface area contributed by atoms with Crippen LogP contribution in [-0.4, -0.2) is 53.9 Å². The smallest absolute Gasteiger partial charge is 0.319 e. The Balaban J connectivity index is 1.61. The lowest BCUT2D eigenvalue weighted by Gasteiger charge is -2.32. The highest BCUT2D eigenvalue weighted by atomic mass is 32.1. The van der Waals surface area contributed by atoms with Gasteiger partial charge in [0.25, 0.3) is 0 Å². The molecule has 1 fully saturated rings. The number of carbonyl (C=O) groups is 2. The van der Waals surface area contributed by atoms with Crippen molar-refractivity contribution in [3.05, 3.63) is 23.8 Å². The quantitative estimate of drug-likeness (QED) is 0.909. The zero-order chi connectivity index (χ0) is 17.3. The summed E-state index contributed by atoms with van der Waals surface area (Å²) in [5.74, 6) is -0.0621. The number of carbonyl (C=O) groups excluding carboxylic acids is 2. The van der Waals surface area contributed by atoms with Crippen molar-refractivity contribution in [2.45, 2.75) is 19.8 Å². The fourth-order valence-corrected chi connectivity index (χ4v) is 3.91. The van der Waals surface area contributed by atoms with Crippen LogP contribution in [0.1, 0.15) is 18.4 Å². The van der Waals surface area contributed by atoms with Gasteiger partial charge in [-0.15, -0.1) is 0 Å². The number of benzene rings is 1. The van der Waals surface area contributed by atoms with Crippen molar-refractivity contribution in [1.82, 2.24) is 14.8 Å². The Morgan fingerprint density at radius 3 is 2.62 bits per heavy atom. The highest BCUT2D eigenvalue weighted by Gasteiger charge is 2.28. The summed E-state index contributed by atoms with van der Waals surface area (Å²) >= 11 is 1.50. The summed E-state index contributed by atoms with van der Waals surface area (Å²) < 4.78 is 1.08. The van der Waals surface area contributed by atoms with E-state index in [1.165, 1.54) is 11.3 Å². The molecule has 1 saturated heterocycles. The summed E-state index contributed by atoms with van der Waals surface area (Å²) in [6.07, 6.45) is 1.38. The largest absolute Gasteiger partial charge is 0.331 e. The lowest BCUT2D eigenvalue weighted by atomic mass is 9.96. The SMILES string of the molecule is Cc1cccc2sc(NC(=O)C3CCN(C(=O)N(C)C)CC3)nc12. The Bertz CT molecular complexity index is 763. The molecular formula is C17H22N4O2S. The molecule has 6 nitrogen and oxygen atoms in total. The number of thiazole rings is 1. The van der Waals surface area contributed by atoms with Crippen LogP contribution >= 0.6 is 11.3 Å². The van der Waals surface area contributed by atoms with Gasteiger partial charge < -0.3 is 15.1 Å². The molecule has 0 saturated carbocycles. The average Bonchev–Trinajstić information content (AvgIpc) is 2.98. The number of aryl methyl sites for hydroxylation is 1. The van der Waals surface area contributed by atoms with Crippen LogP contribution in [0.3, 0.4) is 0 Å². The van der Waals surface area contributed by atoms with E-state index in [1.54, 1.807) is 23.9 Å². The van der Waals surface area contributed by atoms with E-state index in [1.807, 2.05) is 25.1 Å². The molecule has 2 aromatic rings. The average molecular weight is 346 g/mol. The van der Waals surface area contributed by atoms with E-state index < -0.39 is 0 Å². The molecule has 7 heteroatoms. The maximum Gasteiger partial charge on any atom is 0.319 e. The highest BCUT2D eigenvalue weighted by Crippen LogP contribution is 2.29. The molecular weight excluding hydrogens is 324 g/mol. The van der Waals surface area contributed by atoms with Crippen molar-refractivity contribution in [2.75, 3.05) is 32.5 Å². The lowest BCUT2D eigenvalue weighted by molar-refractivity contribution is -0.121. The van der Waals surface area contributed by atoms with Crippen LogP contribution < -0.4 is 5.32 Å². The molecule has 3 amide bonds. The topological polar surface area (TPSA) is 65.5 Å². The number of nitrogens with zero attached hydrogens (tertiary/aromatic N) is 3. The second kappa shape index (κ2) is 6.76. The van der Waals surface area contributed by atoms with E-state index in [0.29, 0.717) is 31.1 Å². The molecule has 0 unspecified atom stereocenters. The van der Waals surface area contributed by atoms with Crippen LogP contribution in [0.15, 0.2) is 18.2 Å². The number of anilines is 1. The van der Waals surface area contributed by atoms with Gasteiger partial charge in [0, 0.05) is 33.1 Å². The number of hydrogen-bond acceptors (Lipinski definition) is 4. The summed E-state index contributed by atoms with van der Waals surface area (Å²) in [5, 5.41) is 3.60. The second-order valence-corrected chi connectivity index (χ2v) is 7.40. The van der Waals surface area contributed by atoms with Crippen LogP contribution in [0.5, 0.6) is 0 Å². The molecule has 1 aromatic carbocycles. The minimum atomic E-state index is -0.0654. The first-order chi connectivity index (χ1) is 11.5. The van der Waals surface area contributed by atoms with Crippen LogP contribution in [0, 0.1) is 12.8 Å². The minimum absolute atomic E-state index is 0.00339. The Labute approximate surface area is 145 Å². The number of hydrogen-bond donors (Lipinski definition) is 1. The summed E-state index contributed by atoms with van der Waals surface area (Å²) in [7, 11) is 3.49. The number of fused-ring (bicyclic) bond motifs is 1. The molecule has 0 bridgehead atoms. The molecule has 1 aliphatic rings. The molecule has 1 aliphatic heterocycles. The van der Waals surface area contributed by atoms with Gasteiger partial charge in [0.05, 0.1) is 10.2 Å². The maximum atomic E-state index is 12.5. The first-order valence-electron chi connectivity index (χ1n) is 8.09. The molecule has 0 radical (unpaired) electrons. The van der Waals surface area contributed by atoms with Gasteiger partial charge in [0.1, 0.15) is 0 Å².